The number of benzene rings is 1. The van der Waals surface area contributed by atoms with Crippen molar-refractivity contribution in [1.82, 2.24) is 9.55 Å². The van der Waals surface area contributed by atoms with Crippen molar-refractivity contribution in [2.45, 2.75) is 0 Å². The molecule has 8 nitrogen and oxygen atoms in total. The van der Waals surface area contributed by atoms with Crippen molar-refractivity contribution in [3.63, 3.8) is 0 Å². The van der Waals surface area contributed by atoms with Crippen LogP contribution < -0.4 is 11.2 Å². The van der Waals surface area contributed by atoms with Crippen LogP contribution in [0.5, 0.6) is 0 Å². The maximum absolute atomic E-state index is 12.0. The van der Waals surface area contributed by atoms with Crippen molar-refractivity contribution in [2.24, 2.45) is 0 Å². The van der Waals surface area contributed by atoms with E-state index < -0.39 is 27.8 Å². The number of rotatable bonds is 2. The molecule has 1 aromatic carbocycles. The Morgan fingerprint density at radius 1 is 1.21 bits per heavy atom. The maximum atomic E-state index is 12.0. The maximum Gasteiger partial charge on any atom is 0.350 e. The minimum Gasteiger partial charge on any atom is -0.268 e. The zero-order valence-electron chi connectivity index (χ0n) is 9.40. The van der Waals surface area contributed by atoms with Crippen LogP contribution in [0.2, 0.25) is 0 Å². The molecule has 8 heteroatoms. The van der Waals surface area contributed by atoms with Crippen molar-refractivity contribution < 1.29 is 9.72 Å². The van der Waals surface area contributed by atoms with Crippen LogP contribution in [0.1, 0.15) is 10.4 Å². The van der Waals surface area contributed by atoms with E-state index in [9.17, 15) is 24.5 Å². The van der Waals surface area contributed by atoms with Gasteiger partial charge in [0.15, 0.2) is 0 Å². The fourth-order valence-corrected chi connectivity index (χ4v) is 1.46. The van der Waals surface area contributed by atoms with Crippen LogP contribution in [-0.4, -0.2) is 20.4 Å². The lowest BCUT2D eigenvalue weighted by molar-refractivity contribution is -0.386. The number of carbonyl (C=O) groups excluding carboxylic acids is 1. The molecular formula is C11H7N3O5. The second-order valence-corrected chi connectivity index (χ2v) is 3.57. The van der Waals surface area contributed by atoms with Gasteiger partial charge in [-0.2, -0.15) is 0 Å². The third kappa shape index (κ3) is 2.32. The van der Waals surface area contributed by atoms with Gasteiger partial charge in [-0.1, -0.05) is 18.2 Å². The summed E-state index contributed by atoms with van der Waals surface area (Å²) in [5, 5.41) is 10.6. The van der Waals surface area contributed by atoms with Gasteiger partial charge in [0.1, 0.15) is 6.20 Å². The SMILES string of the molecule is O=C(c1ccccc1)n1cc([N+](=O)[O-])c(=O)[nH]c1=O. The lowest BCUT2D eigenvalue weighted by atomic mass is 10.2. The van der Waals surface area contributed by atoms with Crippen molar-refractivity contribution >= 4 is 11.6 Å². The number of nitro groups is 1. The molecule has 0 saturated heterocycles. The van der Waals surface area contributed by atoms with E-state index >= 15 is 0 Å². The number of nitrogens with one attached hydrogen (secondary N) is 1. The molecule has 0 aliphatic carbocycles. The second-order valence-electron chi connectivity index (χ2n) is 3.57. The van der Waals surface area contributed by atoms with Crippen LogP contribution >= 0.6 is 0 Å². The lowest BCUT2D eigenvalue weighted by Crippen LogP contribution is -2.34. The van der Waals surface area contributed by atoms with Crippen LogP contribution in [0.3, 0.4) is 0 Å². The highest BCUT2D eigenvalue weighted by Gasteiger charge is 2.18. The van der Waals surface area contributed by atoms with E-state index in [4.69, 9.17) is 0 Å². The number of H-pyrrole nitrogens is 1. The Kier molecular flexibility index (Phi) is 3.06. The third-order valence-corrected chi connectivity index (χ3v) is 2.36. The van der Waals surface area contributed by atoms with Crippen LogP contribution in [0.15, 0.2) is 46.1 Å². The first-order valence-corrected chi connectivity index (χ1v) is 5.11. The predicted octanol–water partition coefficient (Wildman–Crippen LogP) is 0.133. The van der Waals surface area contributed by atoms with Crippen LogP contribution in [0, 0.1) is 10.1 Å². The average Bonchev–Trinajstić information content (AvgIpc) is 2.38. The fraction of sp³-hybridized carbons (Fsp3) is 0. The molecule has 2 rings (SSSR count). The molecule has 0 radical (unpaired) electrons. The van der Waals surface area contributed by atoms with E-state index in [0.717, 1.165) is 0 Å². The van der Waals surface area contributed by atoms with E-state index in [0.29, 0.717) is 10.8 Å². The quantitative estimate of drug-likeness (QED) is 0.609. The third-order valence-electron chi connectivity index (χ3n) is 2.36. The van der Waals surface area contributed by atoms with E-state index in [-0.39, 0.29) is 5.56 Å². The number of carbonyl (C=O) groups is 1. The minimum absolute atomic E-state index is 0.172. The van der Waals surface area contributed by atoms with Gasteiger partial charge in [0, 0.05) is 5.56 Å². The molecule has 0 bridgehead atoms. The van der Waals surface area contributed by atoms with E-state index in [2.05, 4.69) is 0 Å². The van der Waals surface area contributed by atoms with Gasteiger partial charge in [-0.25, -0.2) is 9.36 Å². The lowest BCUT2D eigenvalue weighted by Gasteiger charge is -2.02. The van der Waals surface area contributed by atoms with Gasteiger partial charge in [-0.05, 0) is 12.1 Å². The van der Waals surface area contributed by atoms with E-state index in [1.54, 1.807) is 23.2 Å². The van der Waals surface area contributed by atoms with Crippen molar-refractivity contribution in [3.8, 4) is 0 Å². The molecule has 0 atom stereocenters. The molecule has 1 N–H and O–H groups in total. The van der Waals surface area contributed by atoms with E-state index in [1.807, 2.05) is 0 Å². The topological polar surface area (TPSA) is 115 Å². The van der Waals surface area contributed by atoms with Gasteiger partial charge >= 0.3 is 16.9 Å². The number of aromatic amines is 1. The summed E-state index contributed by atoms with van der Waals surface area (Å²) in [4.78, 5) is 46.0. The molecule has 1 aromatic heterocycles. The highest BCUT2D eigenvalue weighted by molar-refractivity contribution is 5.95. The zero-order chi connectivity index (χ0) is 14.0. The first kappa shape index (κ1) is 12.4. The first-order chi connectivity index (χ1) is 9.00. The Hall–Kier alpha value is -3.03. The minimum atomic E-state index is -1.15. The van der Waals surface area contributed by atoms with Gasteiger partial charge in [-0.15, -0.1) is 0 Å². The first-order valence-electron chi connectivity index (χ1n) is 5.11. The molecule has 2 aromatic rings. The molecule has 0 unspecified atom stereocenters. The summed E-state index contributed by atoms with van der Waals surface area (Å²) in [5.74, 6) is -0.759. The zero-order valence-corrected chi connectivity index (χ0v) is 9.40. The Morgan fingerprint density at radius 3 is 2.42 bits per heavy atom. The molecule has 0 amide bonds. The van der Waals surface area contributed by atoms with Gasteiger partial charge < -0.3 is 0 Å². The van der Waals surface area contributed by atoms with Crippen molar-refractivity contribution in [2.75, 3.05) is 0 Å². The van der Waals surface area contributed by atoms with Gasteiger partial charge in [0.05, 0.1) is 4.92 Å². The highest BCUT2D eigenvalue weighted by Crippen LogP contribution is 2.04. The van der Waals surface area contributed by atoms with Gasteiger partial charge in [0.2, 0.25) is 0 Å². The molecule has 0 aliphatic heterocycles. The summed E-state index contributed by atoms with van der Waals surface area (Å²) < 4.78 is 0.495. The molecule has 1 heterocycles. The van der Waals surface area contributed by atoms with Crippen molar-refractivity contribution in [3.05, 3.63) is 73.0 Å². The highest BCUT2D eigenvalue weighted by atomic mass is 16.6. The van der Waals surface area contributed by atoms with E-state index in [1.165, 1.54) is 12.1 Å². The Bertz CT molecular complexity index is 760. The molecule has 96 valence electrons. The summed E-state index contributed by atoms with van der Waals surface area (Å²) in [6.45, 7) is 0. The van der Waals surface area contributed by atoms with Crippen LogP contribution in [-0.2, 0) is 0 Å². The Labute approximate surface area is 105 Å². The normalized spacial score (nSPS) is 10.1. The smallest absolute Gasteiger partial charge is 0.268 e. The monoisotopic (exact) mass is 261 g/mol. The predicted molar refractivity (Wildman–Crippen MR) is 64.1 cm³/mol. The summed E-state index contributed by atoms with van der Waals surface area (Å²) in [6.07, 6.45) is 0.622. The fourth-order valence-electron chi connectivity index (χ4n) is 1.46. The second kappa shape index (κ2) is 4.69. The van der Waals surface area contributed by atoms with Gasteiger partial charge in [0.25, 0.3) is 5.91 Å². The Morgan fingerprint density at radius 2 is 1.84 bits per heavy atom. The summed E-state index contributed by atoms with van der Waals surface area (Å²) in [5.41, 5.74) is -2.87. The molecule has 19 heavy (non-hydrogen) atoms. The molecule has 0 aliphatic rings. The number of hydrogen-bond donors (Lipinski definition) is 1. The van der Waals surface area contributed by atoms with Crippen LogP contribution in [0.25, 0.3) is 0 Å². The van der Waals surface area contributed by atoms with Crippen molar-refractivity contribution in [1.29, 1.82) is 0 Å². The summed E-state index contributed by atoms with van der Waals surface area (Å²) >= 11 is 0. The molecule has 0 spiro atoms. The molecular weight excluding hydrogens is 254 g/mol. The average molecular weight is 261 g/mol. The Balaban J connectivity index is 2.61. The number of hydrogen-bond acceptors (Lipinski definition) is 5. The van der Waals surface area contributed by atoms with Crippen LogP contribution in [0.4, 0.5) is 5.69 Å². The summed E-state index contributed by atoms with van der Waals surface area (Å²) in [6, 6.07) is 7.74. The van der Waals surface area contributed by atoms with Gasteiger partial charge in [-0.3, -0.25) is 24.7 Å². The summed E-state index contributed by atoms with van der Waals surface area (Å²) in [7, 11) is 0. The standard InChI is InChI=1S/C11H7N3O5/c15-9-8(14(18)19)6-13(11(17)12-9)10(16)7-4-2-1-3-5-7/h1-6H,(H,12,15,17). The molecule has 0 fully saturated rings. The number of nitrogens with zero attached hydrogens (tertiary/aromatic N) is 2. The largest absolute Gasteiger partial charge is 0.350 e. The molecule has 0 saturated carbocycles. The number of aromatic nitrogens is 2.